The van der Waals surface area contributed by atoms with E-state index in [-0.39, 0.29) is 71.1 Å². The molecule has 12 heteroatoms. The van der Waals surface area contributed by atoms with E-state index in [1.54, 1.807) is 14.2 Å². The first-order chi connectivity index (χ1) is 19.9. The average Bonchev–Trinajstić information content (AvgIpc) is 2.95. The highest BCUT2D eigenvalue weighted by Crippen LogP contribution is 2.29. The van der Waals surface area contributed by atoms with E-state index in [1.165, 1.54) is 35.2 Å². The molecule has 0 fully saturated rings. The molecule has 3 aromatic rings. The molecule has 1 N–H and O–H groups in total. The van der Waals surface area contributed by atoms with E-state index in [2.05, 4.69) is 4.72 Å². The number of carbonyl (C=O) groups excluding carboxylic acids is 1. The maximum atomic E-state index is 14.6. The summed E-state index contributed by atoms with van der Waals surface area (Å²) in [5.74, 6) is -2.11. The van der Waals surface area contributed by atoms with Crippen LogP contribution in [0.5, 0.6) is 5.75 Å². The van der Waals surface area contributed by atoms with E-state index < -0.39 is 27.5 Å². The number of hydrogen-bond donors (Lipinski definition) is 1. The van der Waals surface area contributed by atoms with Gasteiger partial charge in [-0.15, -0.1) is 0 Å². The Kier molecular flexibility index (Phi) is 9.80. The van der Waals surface area contributed by atoms with Crippen molar-refractivity contribution in [1.82, 2.24) is 9.80 Å². The Morgan fingerprint density at radius 1 is 1.00 bits per heavy atom. The average molecular weight is 606 g/mol. The van der Waals surface area contributed by atoms with Crippen molar-refractivity contribution in [3.63, 3.8) is 0 Å². The van der Waals surface area contributed by atoms with Crippen LogP contribution < -0.4 is 9.46 Å². The zero-order chi connectivity index (χ0) is 30.6. The molecule has 0 spiro atoms. The highest BCUT2D eigenvalue weighted by molar-refractivity contribution is 7.92. The molecule has 3 aromatic carbocycles. The van der Waals surface area contributed by atoms with Crippen molar-refractivity contribution in [3.05, 3.63) is 89.2 Å². The second kappa shape index (κ2) is 13.1. The Morgan fingerprint density at radius 2 is 1.74 bits per heavy atom. The van der Waals surface area contributed by atoms with Crippen molar-refractivity contribution in [2.24, 2.45) is 5.92 Å². The Hall–Kier alpha value is -3.61. The summed E-state index contributed by atoms with van der Waals surface area (Å²) in [5, 5.41) is 0. The zero-order valence-corrected chi connectivity index (χ0v) is 24.6. The number of halogens is 3. The number of ether oxygens (including phenoxy) is 2. The van der Waals surface area contributed by atoms with Crippen molar-refractivity contribution < 1.29 is 35.9 Å². The third-order valence-corrected chi connectivity index (χ3v) is 8.69. The van der Waals surface area contributed by atoms with Gasteiger partial charge in [0.2, 0.25) is 0 Å². The molecule has 1 amide bonds. The minimum Gasteiger partial charge on any atom is -0.491 e. The van der Waals surface area contributed by atoms with Crippen LogP contribution in [-0.2, 0) is 21.3 Å². The molecule has 42 heavy (non-hydrogen) atoms. The second-order valence-corrected chi connectivity index (χ2v) is 12.2. The monoisotopic (exact) mass is 605 g/mol. The molecule has 1 aliphatic rings. The summed E-state index contributed by atoms with van der Waals surface area (Å²) in [5.41, 5.74) is 0.497. The van der Waals surface area contributed by atoms with Gasteiger partial charge in [-0.3, -0.25) is 14.4 Å². The van der Waals surface area contributed by atoms with Gasteiger partial charge in [0.25, 0.3) is 15.9 Å². The maximum absolute atomic E-state index is 14.6. The summed E-state index contributed by atoms with van der Waals surface area (Å²) in [6.45, 7) is 4.64. The van der Waals surface area contributed by atoms with Gasteiger partial charge < -0.3 is 14.4 Å². The van der Waals surface area contributed by atoms with Crippen LogP contribution in [0.3, 0.4) is 0 Å². The van der Waals surface area contributed by atoms with Gasteiger partial charge in [0, 0.05) is 51.5 Å². The fraction of sp³-hybridized carbons (Fsp3) is 0.367. The quantitative estimate of drug-likeness (QED) is 0.430. The first-order valence-electron chi connectivity index (χ1n) is 13.4. The van der Waals surface area contributed by atoms with Crippen LogP contribution >= 0.6 is 0 Å². The molecule has 3 atom stereocenters. The van der Waals surface area contributed by atoms with Gasteiger partial charge in [0.15, 0.2) is 0 Å². The normalized spacial score (nSPS) is 20.7. The number of hydrogen-bond acceptors (Lipinski definition) is 6. The summed E-state index contributed by atoms with van der Waals surface area (Å²) < 4.78 is 82.2. The van der Waals surface area contributed by atoms with Gasteiger partial charge in [0.1, 0.15) is 29.8 Å². The molecule has 226 valence electrons. The highest BCUT2D eigenvalue weighted by atomic mass is 32.2. The molecule has 0 bridgehead atoms. The molecule has 0 saturated heterocycles. The standard InChI is InChI=1S/C30H34F3N3O5S/c1-19-15-36(16-21-12-23(32)8-11-27(21)33)20(2)18-41-28-14-24(34-42(38,39)25-7-5-6-22(31)13-25)9-10-26(28)30(37)35(3)17-29(19)40-4/h5-14,19-20,29,34H,15-18H2,1-4H3/t19-,20+,29-/m0/s1. The highest BCUT2D eigenvalue weighted by Gasteiger charge is 2.29. The predicted octanol–water partition coefficient (Wildman–Crippen LogP) is 4.91. The number of methoxy groups -OCH3 is 1. The molecule has 0 radical (unpaired) electrons. The number of nitrogens with zero attached hydrogens (tertiary/aromatic N) is 2. The molecular formula is C30H34F3N3O5S. The van der Waals surface area contributed by atoms with Gasteiger partial charge in [-0.25, -0.2) is 21.6 Å². The van der Waals surface area contributed by atoms with Gasteiger partial charge in [-0.05, 0) is 61.4 Å². The van der Waals surface area contributed by atoms with Crippen molar-refractivity contribution in [2.45, 2.75) is 37.4 Å². The van der Waals surface area contributed by atoms with Gasteiger partial charge in [0.05, 0.1) is 22.3 Å². The van der Waals surface area contributed by atoms with E-state index in [0.717, 1.165) is 30.3 Å². The lowest BCUT2D eigenvalue weighted by Crippen LogP contribution is -2.46. The van der Waals surface area contributed by atoms with Crippen LogP contribution in [0.15, 0.2) is 65.6 Å². The van der Waals surface area contributed by atoms with E-state index >= 15 is 0 Å². The van der Waals surface area contributed by atoms with Crippen molar-refractivity contribution in [2.75, 3.05) is 38.6 Å². The smallest absolute Gasteiger partial charge is 0.261 e. The largest absolute Gasteiger partial charge is 0.491 e. The Labute approximate surface area is 244 Å². The first kappa shape index (κ1) is 31.3. The summed E-state index contributed by atoms with van der Waals surface area (Å²) in [7, 11) is -0.957. The Balaban J connectivity index is 1.68. The molecule has 0 aliphatic carbocycles. The van der Waals surface area contributed by atoms with Crippen molar-refractivity contribution in [1.29, 1.82) is 0 Å². The first-order valence-corrected chi connectivity index (χ1v) is 14.9. The molecule has 4 rings (SSSR count). The van der Waals surface area contributed by atoms with Crippen LogP contribution in [0.2, 0.25) is 0 Å². The summed E-state index contributed by atoms with van der Waals surface area (Å²) in [6.07, 6.45) is -0.368. The molecule has 1 aliphatic heterocycles. The van der Waals surface area contributed by atoms with E-state index in [1.807, 2.05) is 18.7 Å². The zero-order valence-electron chi connectivity index (χ0n) is 23.8. The SMILES string of the molecule is CO[C@H]1CN(C)C(=O)c2ccc(NS(=O)(=O)c3cccc(F)c3)cc2OC[C@@H](C)N(Cc2cc(F)ccc2F)C[C@@H]1C. The van der Waals surface area contributed by atoms with E-state index in [4.69, 9.17) is 9.47 Å². The number of fused-ring (bicyclic) bond motifs is 1. The number of likely N-dealkylation sites (N-methyl/N-ethyl adjacent to an activating group) is 1. The van der Waals surface area contributed by atoms with Crippen LogP contribution in [0.1, 0.15) is 29.8 Å². The third-order valence-electron chi connectivity index (χ3n) is 7.32. The number of anilines is 1. The minimum atomic E-state index is -4.14. The summed E-state index contributed by atoms with van der Waals surface area (Å²) >= 11 is 0. The van der Waals surface area contributed by atoms with Gasteiger partial charge in [-0.2, -0.15) is 0 Å². The van der Waals surface area contributed by atoms with Gasteiger partial charge in [-0.1, -0.05) is 13.0 Å². The van der Waals surface area contributed by atoms with Gasteiger partial charge >= 0.3 is 0 Å². The second-order valence-electron chi connectivity index (χ2n) is 10.5. The predicted molar refractivity (Wildman–Crippen MR) is 152 cm³/mol. The molecule has 0 unspecified atom stereocenters. The van der Waals surface area contributed by atoms with Crippen LogP contribution in [-0.4, -0.2) is 70.1 Å². The number of sulfonamides is 1. The molecular weight excluding hydrogens is 571 g/mol. The van der Waals surface area contributed by atoms with Crippen LogP contribution in [0.25, 0.3) is 0 Å². The number of amides is 1. The molecule has 1 heterocycles. The Morgan fingerprint density at radius 3 is 2.45 bits per heavy atom. The lowest BCUT2D eigenvalue weighted by atomic mass is 10.0. The molecule has 8 nitrogen and oxygen atoms in total. The number of rotatable bonds is 6. The molecule has 0 saturated carbocycles. The van der Waals surface area contributed by atoms with Crippen LogP contribution in [0, 0.1) is 23.4 Å². The minimum absolute atomic E-state index is 0.0470. The number of benzene rings is 3. The number of nitrogens with one attached hydrogen (secondary N) is 1. The Bertz CT molecular complexity index is 1540. The fourth-order valence-corrected chi connectivity index (χ4v) is 5.94. The number of carbonyl (C=O) groups is 1. The lowest BCUT2D eigenvalue weighted by Gasteiger charge is -2.36. The third kappa shape index (κ3) is 7.42. The summed E-state index contributed by atoms with van der Waals surface area (Å²) in [4.78, 5) is 16.6. The lowest BCUT2D eigenvalue weighted by molar-refractivity contribution is 0.00903. The van der Waals surface area contributed by atoms with E-state index in [9.17, 15) is 26.4 Å². The maximum Gasteiger partial charge on any atom is 0.261 e. The summed E-state index contributed by atoms with van der Waals surface area (Å²) in [6, 6.07) is 11.8. The van der Waals surface area contributed by atoms with Crippen molar-refractivity contribution in [3.8, 4) is 5.75 Å². The fourth-order valence-electron chi connectivity index (χ4n) is 4.86. The topological polar surface area (TPSA) is 88.2 Å². The molecule has 0 aromatic heterocycles. The van der Waals surface area contributed by atoms with Crippen LogP contribution in [0.4, 0.5) is 18.9 Å². The van der Waals surface area contributed by atoms with E-state index in [0.29, 0.717) is 6.54 Å². The van der Waals surface area contributed by atoms with Crippen molar-refractivity contribution >= 4 is 21.6 Å².